The van der Waals surface area contributed by atoms with Gasteiger partial charge in [-0.15, -0.1) is 5.10 Å². The molecule has 0 aliphatic carbocycles. The van der Waals surface area contributed by atoms with Crippen molar-refractivity contribution in [3.8, 4) is 6.07 Å². The van der Waals surface area contributed by atoms with Gasteiger partial charge in [0.25, 0.3) is 0 Å². The van der Waals surface area contributed by atoms with E-state index in [2.05, 4.69) is 28.4 Å². The molecular formula is C17H13N3S. The summed E-state index contributed by atoms with van der Waals surface area (Å²) in [6.07, 6.45) is 0. The number of hydrogen-bond donors (Lipinski definition) is 0. The number of aromatic nitrogens is 2. The summed E-state index contributed by atoms with van der Waals surface area (Å²) in [6.45, 7) is 1.98. The van der Waals surface area contributed by atoms with E-state index in [0.29, 0.717) is 5.56 Å². The van der Waals surface area contributed by atoms with Gasteiger partial charge in [-0.2, -0.15) is 10.4 Å². The van der Waals surface area contributed by atoms with E-state index in [-0.39, 0.29) is 0 Å². The predicted octanol–water partition coefficient (Wildman–Crippen LogP) is 4.10. The Morgan fingerprint density at radius 1 is 1.00 bits per heavy atom. The van der Waals surface area contributed by atoms with Crippen LogP contribution in [0.15, 0.2) is 53.6 Å². The number of rotatable bonds is 3. The molecule has 0 radical (unpaired) electrons. The second kappa shape index (κ2) is 5.94. The summed E-state index contributed by atoms with van der Waals surface area (Å²) in [7, 11) is 0. The molecule has 0 unspecified atom stereocenters. The zero-order valence-electron chi connectivity index (χ0n) is 11.6. The van der Waals surface area contributed by atoms with Crippen LogP contribution in [-0.4, -0.2) is 10.2 Å². The molecule has 0 bridgehead atoms. The van der Waals surface area contributed by atoms with Crippen molar-refractivity contribution in [1.82, 2.24) is 10.2 Å². The highest BCUT2D eigenvalue weighted by molar-refractivity contribution is 7.98. The smallest absolute Gasteiger partial charge is 0.127 e. The van der Waals surface area contributed by atoms with Crippen molar-refractivity contribution in [2.75, 3.05) is 0 Å². The molecule has 0 N–H and O–H groups in total. The van der Waals surface area contributed by atoms with Gasteiger partial charge in [-0.05, 0) is 24.6 Å². The van der Waals surface area contributed by atoms with Crippen molar-refractivity contribution < 1.29 is 0 Å². The number of benzene rings is 2. The maximum absolute atomic E-state index is 8.81. The molecule has 3 rings (SSSR count). The van der Waals surface area contributed by atoms with Crippen LogP contribution < -0.4 is 0 Å². The van der Waals surface area contributed by atoms with Crippen LogP contribution in [0, 0.1) is 18.3 Å². The van der Waals surface area contributed by atoms with Crippen molar-refractivity contribution in [1.29, 1.82) is 5.26 Å². The number of nitrogens with zero attached hydrogens (tertiary/aromatic N) is 3. The zero-order valence-corrected chi connectivity index (χ0v) is 12.4. The normalized spacial score (nSPS) is 10.5. The van der Waals surface area contributed by atoms with Crippen LogP contribution in [0.1, 0.15) is 16.8 Å². The first-order valence-corrected chi connectivity index (χ1v) is 7.60. The summed E-state index contributed by atoms with van der Waals surface area (Å²) < 4.78 is 0. The fraction of sp³-hybridized carbons (Fsp3) is 0.118. The first kappa shape index (κ1) is 13.6. The molecule has 0 aliphatic heterocycles. The average Bonchev–Trinajstić information content (AvgIpc) is 2.55. The minimum Gasteiger partial charge on any atom is -0.192 e. The van der Waals surface area contributed by atoms with Gasteiger partial charge < -0.3 is 0 Å². The third-order valence-electron chi connectivity index (χ3n) is 3.30. The molecule has 2 aromatic carbocycles. The molecule has 4 heteroatoms. The third kappa shape index (κ3) is 2.88. The Kier molecular flexibility index (Phi) is 3.85. The molecule has 1 heterocycles. The van der Waals surface area contributed by atoms with Gasteiger partial charge >= 0.3 is 0 Å². The van der Waals surface area contributed by atoms with Crippen LogP contribution in [0.4, 0.5) is 0 Å². The van der Waals surface area contributed by atoms with E-state index in [9.17, 15) is 0 Å². The Morgan fingerprint density at radius 2 is 1.71 bits per heavy atom. The van der Waals surface area contributed by atoms with E-state index < -0.39 is 0 Å². The Bertz CT molecular complexity index is 820. The van der Waals surface area contributed by atoms with Gasteiger partial charge in [0.05, 0.1) is 17.3 Å². The van der Waals surface area contributed by atoms with Crippen molar-refractivity contribution in [3.05, 3.63) is 65.4 Å². The second-order valence-corrected chi connectivity index (χ2v) is 5.70. The highest BCUT2D eigenvalue weighted by atomic mass is 32.2. The van der Waals surface area contributed by atoms with Crippen LogP contribution in [0.3, 0.4) is 0 Å². The van der Waals surface area contributed by atoms with Gasteiger partial charge in [-0.25, -0.2) is 0 Å². The predicted molar refractivity (Wildman–Crippen MR) is 85.0 cm³/mol. The molecule has 0 aliphatic rings. The minimum atomic E-state index is 0.685. The molecule has 3 nitrogen and oxygen atoms in total. The largest absolute Gasteiger partial charge is 0.192 e. The summed E-state index contributed by atoms with van der Waals surface area (Å²) in [4.78, 5) is 0. The SMILES string of the molecule is Cc1nnc(SCc2ccc(C#N)cc2)c2ccccc12. The lowest BCUT2D eigenvalue weighted by Gasteiger charge is -2.06. The molecular weight excluding hydrogens is 278 g/mol. The van der Waals surface area contributed by atoms with Crippen molar-refractivity contribution in [2.45, 2.75) is 17.7 Å². The molecule has 0 atom stereocenters. The Labute approximate surface area is 127 Å². The highest BCUT2D eigenvalue weighted by Gasteiger charge is 2.07. The number of hydrogen-bond acceptors (Lipinski definition) is 4. The summed E-state index contributed by atoms with van der Waals surface area (Å²) in [5, 5.41) is 20.6. The van der Waals surface area contributed by atoms with Crippen molar-refractivity contribution >= 4 is 22.5 Å². The highest BCUT2D eigenvalue weighted by Crippen LogP contribution is 2.28. The molecule has 0 saturated carbocycles. The number of thioether (sulfide) groups is 1. The van der Waals surface area contributed by atoms with Crippen LogP contribution >= 0.6 is 11.8 Å². The molecule has 102 valence electrons. The minimum absolute atomic E-state index is 0.685. The number of nitriles is 1. The maximum Gasteiger partial charge on any atom is 0.127 e. The Morgan fingerprint density at radius 3 is 2.43 bits per heavy atom. The number of fused-ring (bicyclic) bond motifs is 1. The lowest BCUT2D eigenvalue weighted by Crippen LogP contribution is -1.93. The topological polar surface area (TPSA) is 49.6 Å². The van der Waals surface area contributed by atoms with Gasteiger partial charge in [0, 0.05) is 16.5 Å². The lowest BCUT2D eigenvalue weighted by molar-refractivity contribution is 0.923. The van der Waals surface area contributed by atoms with E-state index in [4.69, 9.17) is 5.26 Å². The zero-order chi connectivity index (χ0) is 14.7. The average molecular weight is 291 g/mol. The first-order chi connectivity index (χ1) is 10.3. The quantitative estimate of drug-likeness (QED) is 0.682. The Balaban J connectivity index is 1.85. The van der Waals surface area contributed by atoms with Crippen LogP contribution in [-0.2, 0) is 5.75 Å². The molecule has 21 heavy (non-hydrogen) atoms. The fourth-order valence-corrected chi connectivity index (χ4v) is 3.07. The third-order valence-corrected chi connectivity index (χ3v) is 4.35. The van der Waals surface area contributed by atoms with Gasteiger partial charge in [0.2, 0.25) is 0 Å². The van der Waals surface area contributed by atoms with Crippen molar-refractivity contribution in [3.63, 3.8) is 0 Å². The van der Waals surface area contributed by atoms with Gasteiger partial charge in [-0.1, -0.05) is 48.2 Å². The molecule has 0 saturated heterocycles. The van der Waals surface area contributed by atoms with Crippen LogP contribution in [0.2, 0.25) is 0 Å². The molecule has 3 aromatic rings. The monoisotopic (exact) mass is 291 g/mol. The summed E-state index contributed by atoms with van der Waals surface area (Å²) in [5.74, 6) is 0.813. The second-order valence-electron chi connectivity index (χ2n) is 4.73. The summed E-state index contributed by atoms with van der Waals surface area (Å²) in [5.41, 5.74) is 2.81. The van der Waals surface area contributed by atoms with Crippen LogP contribution in [0.25, 0.3) is 10.8 Å². The van der Waals surface area contributed by atoms with Crippen molar-refractivity contribution in [2.24, 2.45) is 0 Å². The van der Waals surface area contributed by atoms with Crippen LogP contribution in [0.5, 0.6) is 0 Å². The van der Waals surface area contributed by atoms with Gasteiger partial charge in [0.1, 0.15) is 5.03 Å². The van der Waals surface area contributed by atoms with E-state index in [0.717, 1.165) is 27.2 Å². The van der Waals surface area contributed by atoms with E-state index >= 15 is 0 Å². The molecule has 0 fully saturated rings. The van der Waals surface area contributed by atoms with E-state index in [1.54, 1.807) is 11.8 Å². The molecule has 1 aromatic heterocycles. The maximum atomic E-state index is 8.81. The fourth-order valence-electron chi connectivity index (χ4n) is 2.15. The lowest BCUT2D eigenvalue weighted by atomic mass is 10.1. The molecule has 0 spiro atoms. The Hall–Kier alpha value is -2.38. The van der Waals surface area contributed by atoms with Gasteiger partial charge in [-0.3, -0.25) is 0 Å². The first-order valence-electron chi connectivity index (χ1n) is 6.62. The standard InChI is InChI=1S/C17H13N3S/c1-12-15-4-2-3-5-16(15)17(20-19-12)21-11-14-8-6-13(10-18)7-9-14/h2-9H,11H2,1H3. The summed E-state index contributed by atoms with van der Waals surface area (Å²) >= 11 is 1.67. The van der Waals surface area contributed by atoms with Gasteiger partial charge in [0.15, 0.2) is 0 Å². The van der Waals surface area contributed by atoms with E-state index in [1.807, 2.05) is 43.3 Å². The van der Waals surface area contributed by atoms with E-state index in [1.165, 1.54) is 5.56 Å². The number of aryl methyl sites for hydroxylation is 1. The summed E-state index contributed by atoms with van der Waals surface area (Å²) in [6, 6.07) is 18.0. The molecule has 0 amide bonds.